The molecule has 0 atom stereocenters. The number of rotatable bonds is 6. The van der Waals surface area contributed by atoms with Crippen LogP contribution >= 0.6 is 0 Å². The summed E-state index contributed by atoms with van der Waals surface area (Å²) in [4.78, 5) is 18.3. The van der Waals surface area contributed by atoms with Gasteiger partial charge in [-0.3, -0.25) is 14.7 Å². The molecule has 0 saturated carbocycles. The maximum Gasteiger partial charge on any atom is 0.244 e. The average Bonchev–Trinajstić information content (AvgIpc) is 2.64. The number of carbonyl (C=O) groups excluding carboxylic acids is 1. The maximum atomic E-state index is 11.8. The smallest absolute Gasteiger partial charge is 0.244 e. The molecule has 124 valence electrons. The molecule has 2 heterocycles. The predicted octanol–water partition coefficient (Wildman–Crippen LogP) is 2.66. The van der Waals surface area contributed by atoms with Crippen LogP contribution in [-0.4, -0.2) is 35.4 Å². The van der Waals surface area contributed by atoms with Gasteiger partial charge in [-0.1, -0.05) is 30.3 Å². The second-order valence-electron chi connectivity index (χ2n) is 6.06. The number of benzene rings is 1. The van der Waals surface area contributed by atoms with Crippen LogP contribution in [0.5, 0.6) is 0 Å². The van der Waals surface area contributed by atoms with E-state index in [-0.39, 0.29) is 5.91 Å². The predicted molar refractivity (Wildman–Crippen MR) is 96.3 cm³/mol. The number of aromatic nitrogens is 1. The standard InChI is InChI=1S/C20H23N3O/c24-20(9-8-17-5-3-11-21-15-17)22-12-4-13-23-14-10-18-6-1-2-7-19(18)16-23/h1-3,5-9,11,15H,4,10,12-14,16H2,(H,22,24)/b9-8+. The fourth-order valence-corrected chi connectivity index (χ4v) is 2.96. The highest BCUT2D eigenvalue weighted by Crippen LogP contribution is 2.18. The van der Waals surface area contributed by atoms with Gasteiger partial charge in [0.25, 0.3) is 0 Å². The van der Waals surface area contributed by atoms with Gasteiger partial charge in [0.05, 0.1) is 0 Å². The lowest BCUT2D eigenvalue weighted by Crippen LogP contribution is -2.33. The monoisotopic (exact) mass is 321 g/mol. The molecule has 1 aliphatic rings. The molecular weight excluding hydrogens is 298 g/mol. The first kappa shape index (κ1) is 16.4. The number of carbonyl (C=O) groups is 1. The molecule has 24 heavy (non-hydrogen) atoms. The van der Waals surface area contributed by atoms with E-state index in [0.29, 0.717) is 6.54 Å². The normalized spacial score (nSPS) is 14.5. The van der Waals surface area contributed by atoms with Crippen LogP contribution in [0, 0.1) is 0 Å². The first-order valence-electron chi connectivity index (χ1n) is 8.46. The summed E-state index contributed by atoms with van der Waals surface area (Å²) in [7, 11) is 0. The van der Waals surface area contributed by atoms with Crippen molar-refractivity contribution in [3.8, 4) is 0 Å². The van der Waals surface area contributed by atoms with E-state index in [0.717, 1.165) is 38.0 Å². The van der Waals surface area contributed by atoms with Gasteiger partial charge in [0.2, 0.25) is 5.91 Å². The molecule has 4 nitrogen and oxygen atoms in total. The number of nitrogens with zero attached hydrogens (tertiary/aromatic N) is 2. The van der Waals surface area contributed by atoms with Gasteiger partial charge in [-0.05, 0) is 41.7 Å². The molecule has 0 fully saturated rings. The molecule has 0 aliphatic carbocycles. The Bertz CT molecular complexity index is 697. The van der Waals surface area contributed by atoms with E-state index in [4.69, 9.17) is 0 Å². The van der Waals surface area contributed by atoms with Gasteiger partial charge in [0.15, 0.2) is 0 Å². The summed E-state index contributed by atoms with van der Waals surface area (Å²) in [6, 6.07) is 12.4. The molecule has 4 heteroatoms. The van der Waals surface area contributed by atoms with E-state index in [1.165, 1.54) is 11.1 Å². The van der Waals surface area contributed by atoms with E-state index in [1.54, 1.807) is 24.5 Å². The Morgan fingerprint density at radius 2 is 2.08 bits per heavy atom. The molecule has 1 aliphatic heterocycles. The SMILES string of the molecule is O=C(/C=C/c1cccnc1)NCCCN1CCc2ccccc2C1. The zero-order chi connectivity index (χ0) is 16.6. The van der Waals surface area contributed by atoms with Crippen LogP contribution in [0.3, 0.4) is 0 Å². The molecule has 0 saturated heterocycles. The highest BCUT2D eigenvalue weighted by Gasteiger charge is 2.14. The maximum absolute atomic E-state index is 11.8. The molecule has 0 bridgehead atoms. The van der Waals surface area contributed by atoms with E-state index < -0.39 is 0 Å². The van der Waals surface area contributed by atoms with Gasteiger partial charge >= 0.3 is 0 Å². The lowest BCUT2D eigenvalue weighted by molar-refractivity contribution is -0.116. The van der Waals surface area contributed by atoms with Crippen molar-refractivity contribution < 1.29 is 4.79 Å². The molecule has 1 amide bonds. The van der Waals surface area contributed by atoms with Crippen LogP contribution in [0.4, 0.5) is 0 Å². The van der Waals surface area contributed by atoms with Crippen molar-refractivity contribution >= 4 is 12.0 Å². The third kappa shape index (κ3) is 4.77. The summed E-state index contributed by atoms with van der Waals surface area (Å²) >= 11 is 0. The lowest BCUT2D eigenvalue weighted by Gasteiger charge is -2.28. The third-order valence-corrected chi connectivity index (χ3v) is 4.27. The van der Waals surface area contributed by atoms with Crippen molar-refractivity contribution in [1.82, 2.24) is 15.2 Å². The minimum absolute atomic E-state index is 0.0529. The average molecular weight is 321 g/mol. The quantitative estimate of drug-likeness (QED) is 0.657. The number of pyridine rings is 1. The van der Waals surface area contributed by atoms with Crippen molar-refractivity contribution in [3.05, 3.63) is 71.6 Å². The summed E-state index contributed by atoms with van der Waals surface area (Å²) in [5, 5.41) is 2.94. The van der Waals surface area contributed by atoms with Gasteiger partial charge in [0, 0.05) is 44.6 Å². The Morgan fingerprint density at radius 1 is 1.21 bits per heavy atom. The number of hydrogen-bond acceptors (Lipinski definition) is 3. The van der Waals surface area contributed by atoms with E-state index >= 15 is 0 Å². The Labute approximate surface area is 143 Å². The van der Waals surface area contributed by atoms with Crippen molar-refractivity contribution in [2.75, 3.05) is 19.6 Å². The molecule has 1 aromatic heterocycles. The second kappa shape index (κ2) is 8.41. The van der Waals surface area contributed by atoms with Crippen LogP contribution in [-0.2, 0) is 17.8 Å². The highest BCUT2D eigenvalue weighted by atomic mass is 16.1. The first-order chi connectivity index (χ1) is 11.8. The zero-order valence-electron chi connectivity index (χ0n) is 13.8. The second-order valence-corrected chi connectivity index (χ2v) is 6.06. The molecular formula is C20H23N3O. The first-order valence-corrected chi connectivity index (χ1v) is 8.46. The van der Waals surface area contributed by atoms with Gasteiger partial charge in [-0.2, -0.15) is 0 Å². The number of amides is 1. The van der Waals surface area contributed by atoms with Crippen LogP contribution in [0.15, 0.2) is 54.9 Å². The van der Waals surface area contributed by atoms with Crippen LogP contribution < -0.4 is 5.32 Å². The minimum atomic E-state index is -0.0529. The Morgan fingerprint density at radius 3 is 2.92 bits per heavy atom. The summed E-state index contributed by atoms with van der Waals surface area (Å²) in [5.41, 5.74) is 3.84. The molecule has 0 radical (unpaired) electrons. The van der Waals surface area contributed by atoms with Crippen LogP contribution in [0.2, 0.25) is 0 Å². The fraction of sp³-hybridized carbons (Fsp3) is 0.300. The molecule has 3 rings (SSSR count). The van der Waals surface area contributed by atoms with Crippen LogP contribution in [0.25, 0.3) is 6.08 Å². The fourth-order valence-electron chi connectivity index (χ4n) is 2.96. The minimum Gasteiger partial charge on any atom is -0.353 e. The Hall–Kier alpha value is -2.46. The largest absolute Gasteiger partial charge is 0.353 e. The van der Waals surface area contributed by atoms with E-state index in [1.807, 2.05) is 12.1 Å². The summed E-state index contributed by atoms with van der Waals surface area (Å²) < 4.78 is 0. The lowest BCUT2D eigenvalue weighted by atomic mass is 10.00. The number of fused-ring (bicyclic) bond motifs is 1. The zero-order valence-corrected chi connectivity index (χ0v) is 13.8. The molecule has 0 unspecified atom stereocenters. The highest BCUT2D eigenvalue weighted by molar-refractivity contribution is 5.91. The van der Waals surface area contributed by atoms with E-state index in [9.17, 15) is 4.79 Å². The van der Waals surface area contributed by atoms with Crippen molar-refractivity contribution in [2.45, 2.75) is 19.4 Å². The molecule has 2 aromatic rings. The van der Waals surface area contributed by atoms with Gasteiger partial charge in [-0.15, -0.1) is 0 Å². The van der Waals surface area contributed by atoms with Gasteiger partial charge in [0.1, 0.15) is 0 Å². The van der Waals surface area contributed by atoms with Crippen molar-refractivity contribution in [3.63, 3.8) is 0 Å². The van der Waals surface area contributed by atoms with Gasteiger partial charge < -0.3 is 5.32 Å². The molecule has 1 N–H and O–H groups in total. The summed E-state index contributed by atoms with van der Waals surface area (Å²) in [5.74, 6) is -0.0529. The van der Waals surface area contributed by atoms with Crippen molar-refractivity contribution in [1.29, 1.82) is 0 Å². The van der Waals surface area contributed by atoms with E-state index in [2.05, 4.69) is 39.5 Å². The Kier molecular flexibility index (Phi) is 5.75. The summed E-state index contributed by atoms with van der Waals surface area (Å²) in [6.45, 7) is 3.84. The van der Waals surface area contributed by atoms with Gasteiger partial charge in [-0.25, -0.2) is 0 Å². The van der Waals surface area contributed by atoms with Crippen molar-refractivity contribution in [2.24, 2.45) is 0 Å². The number of hydrogen-bond donors (Lipinski definition) is 1. The summed E-state index contributed by atoms with van der Waals surface area (Å²) in [6.07, 6.45) is 8.89. The molecule has 1 aromatic carbocycles. The molecule has 0 spiro atoms. The third-order valence-electron chi connectivity index (χ3n) is 4.27. The Balaban J connectivity index is 1.35. The topological polar surface area (TPSA) is 45.2 Å². The number of nitrogens with one attached hydrogen (secondary N) is 1. The van der Waals surface area contributed by atoms with Crippen LogP contribution in [0.1, 0.15) is 23.1 Å².